The number of aliphatic hydroxyl groups excluding tert-OH is 1. The fourth-order valence-corrected chi connectivity index (χ4v) is 2.57. The van der Waals surface area contributed by atoms with Crippen LogP contribution >= 0.6 is 0 Å². The molecule has 120 valence electrons. The summed E-state index contributed by atoms with van der Waals surface area (Å²) in [5.74, 6) is 0.601. The summed E-state index contributed by atoms with van der Waals surface area (Å²) in [6.07, 6.45) is 4.00. The second-order valence-corrected chi connectivity index (χ2v) is 5.57. The van der Waals surface area contributed by atoms with Crippen molar-refractivity contribution in [2.75, 3.05) is 6.61 Å². The van der Waals surface area contributed by atoms with Crippen LogP contribution in [0.2, 0.25) is 0 Å². The van der Waals surface area contributed by atoms with Gasteiger partial charge in [0.05, 0.1) is 0 Å². The van der Waals surface area contributed by atoms with Gasteiger partial charge in [-0.05, 0) is 45.6 Å². The van der Waals surface area contributed by atoms with E-state index >= 15 is 0 Å². The average Bonchev–Trinajstić information content (AvgIpc) is 2.93. The Morgan fingerprint density at radius 2 is 2.23 bits per heavy atom. The number of hydrogen-bond donors (Lipinski definition) is 2. The molecule has 1 amide bonds. The van der Waals surface area contributed by atoms with Crippen LogP contribution in [0.1, 0.15) is 43.1 Å². The molecule has 2 aromatic heterocycles. The van der Waals surface area contributed by atoms with Crippen molar-refractivity contribution in [3.05, 3.63) is 23.3 Å². The lowest BCUT2D eigenvalue weighted by molar-refractivity contribution is -0.121. The third-order valence-corrected chi connectivity index (χ3v) is 3.79. The van der Waals surface area contributed by atoms with Crippen molar-refractivity contribution in [3.8, 4) is 0 Å². The highest BCUT2D eigenvalue weighted by Crippen LogP contribution is 2.14. The first-order valence-corrected chi connectivity index (χ1v) is 7.59. The van der Waals surface area contributed by atoms with Gasteiger partial charge < -0.3 is 10.4 Å². The second-order valence-electron chi connectivity index (χ2n) is 5.57. The average molecular weight is 305 g/mol. The molecule has 1 atom stereocenters. The Labute approximate surface area is 129 Å². The number of carbonyl (C=O) groups is 1. The van der Waals surface area contributed by atoms with Gasteiger partial charge in [0.15, 0.2) is 0 Å². The first kappa shape index (κ1) is 16.4. The Hall–Kier alpha value is -2.02. The fourth-order valence-electron chi connectivity index (χ4n) is 2.57. The molecule has 7 nitrogen and oxygen atoms in total. The molecule has 0 saturated heterocycles. The van der Waals surface area contributed by atoms with Gasteiger partial charge in [-0.1, -0.05) is 0 Å². The number of rotatable bonds is 7. The molecule has 2 N–H and O–H groups in total. The van der Waals surface area contributed by atoms with Crippen LogP contribution < -0.4 is 5.32 Å². The molecule has 2 aromatic rings. The van der Waals surface area contributed by atoms with Crippen molar-refractivity contribution >= 4 is 11.7 Å². The van der Waals surface area contributed by atoms with Crippen molar-refractivity contribution in [2.45, 2.75) is 52.5 Å². The van der Waals surface area contributed by atoms with E-state index in [0.717, 1.165) is 23.4 Å². The summed E-state index contributed by atoms with van der Waals surface area (Å²) in [7, 11) is 0. The largest absolute Gasteiger partial charge is 0.396 e. The highest BCUT2D eigenvalue weighted by molar-refractivity contribution is 5.76. The molecule has 7 heteroatoms. The lowest BCUT2D eigenvalue weighted by atomic mass is 10.1. The van der Waals surface area contributed by atoms with Gasteiger partial charge in [0.2, 0.25) is 5.91 Å². The molecule has 22 heavy (non-hydrogen) atoms. The van der Waals surface area contributed by atoms with Gasteiger partial charge >= 0.3 is 0 Å². The van der Waals surface area contributed by atoms with Crippen LogP contribution in [0.15, 0.2) is 6.33 Å². The summed E-state index contributed by atoms with van der Waals surface area (Å²) < 4.78 is 1.70. The lowest BCUT2D eigenvalue weighted by Crippen LogP contribution is -2.32. The van der Waals surface area contributed by atoms with E-state index in [2.05, 4.69) is 20.4 Å². The van der Waals surface area contributed by atoms with Crippen LogP contribution in [-0.2, 0) is 11.2 Å². The lowest BCUT2D eigenvalue weighted by Gasteiger charge is -2.14. The first-order chi connectivity index (χ1) is 10.5. The van der Waals surface area contributed by atoms with Crippen molar-refractivity contribution in [3.63, 3.8) is 0 Å². The van der Waals surface area contributed by atoms with Gasteiger partial charge in [0.25, 0.3) is 5.78 Å². The molecule has 1 unspecified atom stereocenters. The van der Waals surface area contributed by atoms with Crippen molar-refractivity contribution in [2.24, 2.45) is 0 Å². The van der Waals surface area contributed by atoms with Gasteiger partial charge in [-0.2, -0.15) is 10.1 Å². The van der Waals surface area contributed by atoms with Gasteiger partial charge in [-0.25, -0.2) is 9.50 Å². The minimum Gasteiger partial charge on any atom is -0.396 e. The zero-order valence-electron chi connectivity index (χ0n) is 13.3. The second kappa shape index (κ2) is 7.31. The number of aryl methyl sites for hydroxylation is 2. The third-order valence-electron chi connectivity index (χ3n) is 3.79. The molecule has 2 heterocycles. The minimum atomic E-state index is 0.0166. The van der Waals surface area contributed by atoms with E-state index in [1.165, 1.54) is 6.33 Å². The number of aromatic nitrogens is 4. The zero-order valence-corrected chi connectivity index (χ0v) is 13.3. The van der Waals surface area contributed by atoms with E-state index in [1.54, 1.807) is 4.52 Å². The van der Waals surface area contributed by atoms with Crippen LogP contribution in [0.3, 0.4) is 0 Å². The predicted molar refractivity (Wildman–Crippen MR) is 82.5 cm³/mol. The predicted octanol–water partition coefficient (Wildman–Crippen LogP) is 0.951. The number of hydrogen-bond acceptors (Lipinski definition) is 5. The Morgan fingerprint density at radius 1 is 1.45 bits per heavy atom. The zero-order chi connectivity index (χ0) is 16.1. The first-order valence-electron chi connectivity index (χ1n) is 7.59. The van der Waals surface area contributed by atoms with E-state index in [0.29, 0.717) is 25.0 Å². The summed E-state index contributed by atoms with van der Waals surface area (Å²) in [6, 6.07) is 0.0813. The summed E-state index contributed by atoms with van der Waals surface area (Å²) in [6.45, 7) is 6.00. The van der Waals surface area contributed by atoms with Gasteiger partial charge in [0, 0.05) is 30.5 Å². The Balaban J connectivity index is 1.98. The van der Waals surface area contributed by atoms with Gasteiger partial charge in [-0.3, -0.25) is 4.79 Å². The summed E-state index contributed by atoms with van der Waals surface area (Å²) in [5.41, 5.74) is 2.90. The van der Waals surface area contributed by atoms with Gasteiger partial charge in [0.1, 0.15) is 6.33 Å². The Bertz CT molecular complexity index is 653. The Morgan fingerprint density at radius 3 is 2.95 bits per heavy atom. The smallest absolute Gasteiger partial charge is 0.252 e. The maximum Gasteiger partial charge on any atom is 0.252 e. The number of amides is 1. The number of nitrogens with one attached hydrogen (secondary N) is 1. The molecule has 0 bridgehead atoms. The molecule has 0 radical (unpaired) electrons. The third kappa shape index (κ3) is 3.79. The van der Waals surface area contributed by atoms with E-state index in [4.69, 9.17) is 5.11 Å². The molecule has 0 aromatic carbocycles. The van der Waals surface area contributed by atoms with Crippen LogP contribution in [-0.4, -0.2) is 43.2 Å². The molecule has 0 aliphatic carbocycles. The van der Waals surface area contributed by atoms with Crippen molar-refractivity contribution in [1.29, 1.82) is 0 Å². The maximum absolute atomic E-state index is 12.0. The summed E-state index contributed by atoms with van der Waals surface area (Å²) in [5, 5.41) is 15.9. The topological polar surface area (TPSA) is 92.4 Å². The monoisotopic (exact) mass is 305 g/mol. The van der Waals surface area contributed by atoms with Crippen LogP contribution in [0.5, 0.6) is 0 Å². The number of carbonyl (C=O) groups excluding carboxylic acids is 1. The SMILES string of the molecule is Cc1nc2ncnn2c(C)c1CCC(=O)NC(C)CCCO. The number of aliphatic hydroxyl groups is 1. The van der Waals surface area contributed by atoms with E-state index in [-0.39, 0.29) is 18.6 Å². The van der Waals surface area contributed by atoms with Crippen molar-refractivity contribution in [1.82, 2.24) is 24.9 Å². The number of fused-ring (bicyclic) bond motifs is 1. The van der Waals surface area contributed by atoms with E-state index < -0.39 is 0 Å². The molecular weight excluding hydrogens is 282 g/mol. The molecule has 0 spiro atoms. The molecule has 0 aliphatic heterocycles. The molecule has 0 aliphatic rings. The van der Waals surface area contributed by atoms with E-state index in [1.807, 2.05) is 20.8 Å². The quantitative estimate of drug-likeness (QED) is 0.794. The van der Waals surface area contributed by atoms with E-state index in [9.17, 15) is 4.79 Å². The summed E-state index contributed by atoms with van der Waals surface area (Å²) >= 11 is 0. The van der Waals surface area contributed by atoms with Crippen LogP contribution in [0.4, 0.5) is 0 Å². The molecular formula is C15H23N5O2. The number of nitrogens with zero attached hydrogens (tertiary/aromatic N) is 4. The highest BCUT2D eigenvalue weighted by atomic mass is 16.3. The Kier molecular flexibility index (Phi) is 5.43. The fraction of sp³-hybridized carbons (Fsp3) is 0.600. The van der Waals surface area contributed by atoms with Gasteiger partial charge in [-0.15, -0.1) is 0 Å². The van der Waals surface area contributed by atoms with Crippen LogP contribution in [0, 0.1) is 13.8 Å². The normalized spacial score (nSPS) is 12.5. The minimum absolute atomic E-state index is 0.0166. The molecule has 0 fully saturated rings. The standard InChI is InChI=1S/C15H23N5O2/c1-10(5-4-8-21)18-14(22)7-6-13-11(2)19-15-16-9-17-20(15)12(13)3/h9-10,21H,4-8H2,1-3H3,(H,18,22). The van der Waals surface area contributed by atoms with Crippen molar-refractivity contribution < 1.29 is 9.90 Å². The molecule has 0 saturated carbocycles. The highest BCUT2D eigenvalue weighted by Gasteiger charge is 2.13. The van der Waals surface area contributed by atoms with Crippen LogP contribution in [0.25, 0.3) is 5.78 Å². The molecule has 2 rings (SSSR count). The summed E-state index contributed by atoms with van der Waals surface area (Å²) in [4.78, 5) is 20.5. The maximum atomic E-state index is 12.0.